The maximum atomic E-state index is 13.9. The molecule has 0 atom stereocenters. The number of carbonyl (C=O) groups is 1. The first-order valence-electron chi connectivity index (χ1n) is 6.79. The fourth-order valence-corrected chi connectivity index (χ4v) is 2.48. The van der Waals surface area contributed by atoms with E-state index in [0.717, 1.165) is 16.8 Å². The standard InChI is InChI=1S/C16H16FN3O/c1-9-3-2-4-11(17)16(9)20-14-7-10-5-6-15(21)19-13(10)8-12(14)18/h2-4,7-8,20H,5-6,18H2,1H3,(H,19,21). The molecule has 1 heterocycles. The molecule has 0 fully saturated rings. The quantitative estimate of drug-likeness (QED) is 0.741. The number of aryl methyl sites for hydroxylation is 2. The van der Waals surface area contributed by atoms with E-state index < -0.39 is 0 Å². The first kappa shape index (κ1) is 13.4. The van der Waals surface area contributed by atoms with Gasteiger partial charge in [-0.2, -0.15) is 0 Å². The summed E-state index contributed by atoms with van der Waals surface area (Å²) in [6, 6.07) is 8.49. The number of hydrogen-bond donors (Lipinski definition) is 3. The topological polar surface area (TPSA) is 67.2 Å². The van der Waals surface area contributed by atoms with E-state index in [0.29, 0.717) is 29.9 Å². The number of nitrogen functional groups attached to an aromatic ring is 1. The molecule has 4 N–H and O–H groups in total. The Balaban J connectivity index is 1.98. The lowest BCUT2D eigenvalue weighted by Crippen LogP contribution is -2.19. The Labute approximate surface area is 122 Å². The van der Waals surface area contributed by atoms with Crippen LogP contribution in [0.5, 0.6) is 0 Å². The van der Waals surface area contributed by atoms with Crippen LogP contribution in [0.1, 0.15) is 17.5 Å². The van der Waals surface area contributed by atoms with E-state index >= 15 is 0 Å². The molecule has 3 rings (SSSR count). The summed E-state index contributed by atoms with van der Waals surface area (Å²) in [6.07, 6.45) is 1.11. The highest BCUT2D eigenvalue weighted by atomic mass is 19.1. The van der Waals surface area contributed by atoms with Crippen LogP contribution >= 0.6 is 0 Å². The van der Waals surface area contributed by atoms with Crippen LogP contribution in [-0.4, -0.2) is 5.91 Å². The van der Waals surface area contributed by atoms with Gasteiger partial charge in [-0.15, -0.1) is 0 Å². The number of nitrogens with two attached hydrogens (primary N) is 1. The van der Waals surface area contributed by atoms with Gasteiger partial charge in [0.2, 0.25) is 5.91 Å². The van der Waals surface area contributed by atoms with Crippen LogP contribution in [0, 0.1) is 12.7 Å². The molecule has 1 aliphatic heterocycles. The monoisotopic (exact) mass is 285 g/mol. The molecule has 108 valence electrons. The van der Waals surface area contributed by atoms with E-state index in [4.69, 9.17) is 5.73 Å². The van der Waals surface area contributed by atoms with Crippen LogP contribution in [-0.2, 0) is 11.2 Å². The number of benzene rings is 2. The van der Waals surface area contributed by atoms with Crippen LogP contribution < -0.4 is 16.4 Å². The van der Waals surface area contributed by atoms with Gasteiger partial charge in [0.05, 0.1) is 17.1 Å². The summed E-state index contributed by atoms with van der Waals surface area (Å²) in [5.41, 5.74) is 10.1. The van der Waals surface area contributed by atoms with Crippen molar-refractivity contribution in [1.29, 1.82) is 0 Å². The predicted molar refractivity (Wildman–Crippen MR) is 82.2 cm³/mol. The summed E-state index contributed by atoms with van der Waals surface area (Å²) in [5, 5.41) is 5.85. The number of nitrogens with one attached hydrogen (secondary N) is 2. The van der Waals surface area contributed by atoms with Crippen LogP contribution in [0.3, 0.4) is 0 Å². The molecule has 0 radical (unpaired) electrons. The van der Waals surface area contributed by atoms with E-state index in [-0.39, 0.29) is 11.7 Å². The zero-order valence-corrected chi connectivity index (χ0v) is 11.7. The highest BCUT2D eigenvalue weighted by Crippen LogP contribution is 2.34. The number of para-hydroxylation sites is 1. The van der Waals surface area contributed by atoms with Gasteiger partial charge in [0, 0.05) is 12.1 Å². The van der Waals surface area contributed by atoms with Gasteiger partial charge in [-0.05, 0) is 42.7 Å². The van der Waals surface area contributed by atoms with E-state index in [1.807, 2.05) is 19.1 Å². The molecular weight excluding hydrogens is 269 g/mol. The maximum absolute atomic E-state index is 13.9. The number of amides is 1. The third-order valence-corrected chi connectivity index (χ3v) is 3.65. The highest BCUT2D eigenvalue weighted by molar-refractivity contribution is 5.95. The molecule has 0 spiro atoms. The van der Waals surface area contributed by atoms with Crippen molar-refractivity contribution in [3.63, 3.8) is 0 Å². The Morgan fingerprint density at radius 2 is 2.10 bits per heavy atom. The predicted octanol–water partition coefficient (Wildman–Crippen LogP) is 3.34. The molecule has 2 aromatic carbocycles. The van der Waals surface area contributed by atoms with Gasteiger partial charge in [0.25, 0.3) is 0 Å². The van der Waals surface area contributed by atoms with Crippen molar-refractivity contribution in [2.75, 3.05) is 16.4 Å². The number of hydrogen-bond acceptors (Lipinski definition) is 3. The Hall–Kier alpha value is -2.56. The summed E-state index contributed by atoms with van der Waals surface area (Å²) < 4.78 is 13.9. The Kier molecular flexibility index (Phi) is 3.25. The number of halogens is 1. The molecule has 1 amide bonds. The third-order valence-electron chi connectivity index (χ3n) is 3.65. The van der Waals surface area contributed by atoms with Gasteiger partial charge >= 0.3 is 0 Å². The highest BCUT2D eigenvalue weighted by Gasteiger charge is 2.17. The SMILES string of the molecule is Cc1cccc(F)c1Nc1cc2c(cc1N)NC(=O)CC2. The average molecular weight is 285 g/mol. The molecule has 0 saturated carbocycles. The molecule has 21 heavy (non-hydrogen) atoms. The minimum absolute atomic E-state index is 0.00689. The van der Waals surface area contributed by atoms with E-state index in [1.54, 1.807) is 12.1 Å². The van der Waals surface area contributed by atoms with E-state index in [1.165, 1.54) is 6.07 Å². The molecule has 0 bridgehead atoms. The fourth-order valence-electron chi connectivity index (χ4n) is 2.48. The Morgan fingerprint density at radius 1 is 1.29 bits per heavy atom. The van der Waals surface area contributed by atoms with Gasteiger partial charge in [-0.25, -0.2) is 4.39 Å². The second kappa shape index (κ2) is 5.09. The first-order valence-corrected chi connectivity index (χ1v) is 6.79. The van der Waals surface area contributed by atoms with Gasteiger partial charge < -0.3 is 16.4 Å². The second-order valence-electron chi connectivity index (χ2n) is 5.20. The van der Waals surface area contributed by atoms with Crippen LogP contribution in [0.2, 0.25) is 0 Å². The number of anilines is 4. The van der Waals surface area contributed by atoms with Crippen molar-refractivity contribution in [3.8, 4) is 0 Å². The minimum Gasteiger partial charge on any atom is -0.397 e. The van der Waals surface area contributed by atoms with Crippen molar-refractivity contribution < 1.29 is 9.18 Å². The summed E-state index contributed by atoms with van der Waals surface area (Å²) >= 11 is 0. The Bertz CT molecular complexity index is 707. The van der Waals surface area contributed by atoms with Gasteiger partial charge in [0.15, 0.2) is 0 Å². The molecule has 0 aliphatic carbocycles. The molecule has 5 heteroatoms. The summed E-state index contributed by atoms with van der Waals surface area (Å²) in [4.78, 5) is 11.4. The van der Waals surface area contributed by atoms with Crippen molar-refractivity contribution in [3.05, 3.63) is 47.3 Å². The second-order valence-corrected chi connectivity index (χ2v) is 5.20. The van der Waals surface area contributed by atoms with Crippen LogP contribution in [0.25, 0.3) is 0 Å². The minimum atomic E-state index is -0.319. The molecule has 1 aliphatic rings. The van der Waals surface area contributed by atoms with Crippen molar-refractivity contribution in [2.24, 2.45) is 0 Å². The largest absolute Gasteiger partial charge is 0.397 e. The van der Waals surface area contributed by atoms with Gasteiger partial charge in [0.1, 0.15) is 5.82 Å². The van der Waals surface area contributed by atoms with Crippen LogP contribution in [0.4, 0.5) is 27.1 Å². The zero-order valence-electron chi connectivity index (χ0n) is 11.7. The van der Waals surface area contributed by atoms with E-state index in [9.17, 15) is 9.18 Å². The number of rotatable bonds is 2. The van der Waals surface area contributed by atoms with E-state index in [2.05, 4.69) is 10.6 Å². The number of fused-ring (bicyclic) bond motifs is 1. The molecule has 0 aromatic heterocycles. The lowest BCUT2D eigenvalue weighted by molar-refractivity contribution is -0.116. The van der Waals surface area contributed by atoms with Crippen molar-refractivity contribution in [1.82, 2.24) is 0 Å². The average Bonchev–Trinajstić information content (AvgIpc) is 2.43. The molecule has 0 unspecified atom stereocenters. The third kappa shape index (κ3) is 2.54. The first-order chi connectivity index (χ1) is 10.0. The molecule has 4 nitrogen and oxygen atoms in total. The summed E-state index contributed by atoms with van der Waals surface area (Å²) in [5.74, 6) is -0.326. The summed E-state index contributed by atoms with van der Waals surface area (Å²) in [7, 11) is 0. The van der Waals surface area contributed by atoms with Crippen molar-refractivity contribution in [2.45, 2.75) is 19.8 Å². The van der Waals surface area contributed by atoms with Crippen molar-refractivity contribution >= 4 is 28.7 Å². The molecule has 0 saturated heterocycles. The smallest absolute Gasteiger partial charge is 0.224 e. The lowest BCUT2D eigenvalue weighted by atomic mass is 10.0. The zero-order chi connectivity index (χ0) is 15.0. The van der Waals surface area contributed by atoms with Gasteiger partial charge in [-0.3, -0.25) is 4.79 Å². The van der Waals surface area contributed by atoms with Crippen LogP contribution in [0.15, 0.2) is 30.3 Å². The Morgan fingerprint density at radius 3 is 2.86 bits per heavy atom. The number of carbonyl (C=O) groups excluding carboxylic acids is 1. The summed E-state index contributed by atoms with van der Waals surface area (Å²) in [6.45, 7) is 1.83. The molecule has 2 aromatic rings. The fraction of sp³-hybridized carbons (Fsp3) is 0.188. The molecular formula is C16H16FN3O. The normalized spacial score (nSPS) is 13.5. The lowest BCUT2D eigenvalue weighted by Gasteiger charge is -2.20. The van der Waals surface area contributed by atoms with Gasteiger partial charge in [-0.1, -0.05) is 12.1 Å². The maximum Gasteiger partial charge on any atom is 0.224 e.